The van der Waals surface area contributed by atoms with E-state index in [9.17, 15) is 13.2 Å². The highest BCUT2D eigenvalue weighted by molar-refractivity contribution is 7.90. The van der Waals surface area contributed by atoms with Gasteiger partial charge in [-0.1, -0.05) is 19.1 Å². The maximum absolute atomic E-state index is 12.9. The zero-order chi connectivity index (χ0) is 22.9. The van der Waals surface area contributed by atoms with Gasteiger partial charge in [-0.25, -0.2) is 13.4 Å². The van der Waals surface area contributed by atoms with E-state index in [0.717, 1.165) is 43.5 Å². The number of aromatic nitrogens is 4. The van der Waals surface area contributed by atoms with E-state index in [2.05, 4.69) is 34.3 Å². The average Bonchev–Trinajstić information content (AvgIpc) is 3.52. The molecular formula is C23H27N5O3S. The maximum atomic E-state index is 12.9. The molecule has 32 heavy (non-hydrogen) atoms. The van der Waals surface area contributed by atoms with Crippen LogP contribution in [0.25, 0.3) is 0 Å². The normalized spacial score (nSPS) is 14.8. The predicted molar refractivity (Wildman–Crippen MR) is 122 cm³/mol. The topological polar surface area (TPSA) is 107 Å². The Morgan fingerprint density at radius 3 is 2.72 bits per heavy atom. The van der Waals surface area contributed by atoms with Gasteiger partial charge in [0.15, 0.2) is 9.84 Å². The molecule has 1 aromatic carbocycles. The summed E-state index contributed by atoms with van der Waals surface area (Å²) < 4.78 is 26.2. The molecule has 0 radical (unpaired) electrons. The lowest BCUT2D eigenvalue weighted by Gasteiger charge is -2.14. The van der Waals surface area contributed by atoms with Gasteiger partial charge in [-0.2, -0.15) is 0 Å². The number of hydrogen-bond donors (Lipinski definition) is 1. The third-order valence-electron chi connectivity index (χ3n) is 5.71. The monoisotopic (exact) mass is 453 g/mol. The molecule has 2 heterocycles. The van der Waals surface area contributed by atoms with Crippen molar-refractivity contribution >= 4 is 21.4 Å². The molecule has 0 bridgehead atoms. The average molecular weight is 454 g/mol. The van der Waals surface area contributed by atoms with E-state index >= 15 is 0 Å². The molecule has 3 aromatic rings. The Hall–Kier alpha value is -3.07. The van der Waals surface area contributed by atoms with Crippen molar-refractivity contribution in [2.75, 3.05) is 11.6 Å². The summed E-state index contributed by atoms with van der Waals surface area (Å²) in [5.41, 5.74) is 2.48. The summed E-state index contributed by atoms with van der Waals surface area (Å²) in [7, 11) is -3.44. The Labute approximate surface area is 188 Å². The van der Waals surface area contributed by atoms with Gasteiger partial charge in [0, 0.05) is 36.5 Å². The minimum atomic E-state index is -3.44. The minimum Gasteiger partial charge on any atom is -0.321 e. The largest absolute Gasteiger partial charge is 0.321 e. The van der Waals surface area contributed by atoms with Gasteiger partial charge >= 0.3 is 0 Å². The first-order valence-corrected chi connectivity index (χ1v) is 12.6. The summed E-state index contributed by atoms with van der Waals surface area (Å²) >= 11 is 0. The highest BCUT2D eigenvalue weighted by Gasteiger charge is 2.28. The Bertz CT molecular complexity index is 1250. The van der Waals surface area contributed by atoms with Crippen molar-refractivity contribution in [1.29, 1.82) is 0 Å². The first kappa shape index (κ1) is 22.1. The number of aryl methyl sites for hydroxylation is 1. The van der Waals surface area contributed by atoms with Crippen LogP contribution in [0.2, 0.25) is 0 Å². The number of amides is 1. The SMILES string of the molecule is CCn1cnnc1C[C@H](C)c1cccc(NC(=O)c2cc(S(C)(=O)=O)cc(C3CC3)n2)c1. The second-order valence-corrected chi connectivity index (χ2v) is 10.4. The number of rotatable bonds is 8. The fourth-order valence-corrected chi connectivity index (χ4v) is 4.32. The number of nitrogens with one attached hydrogen (secondary N) is 1. The predicted octanol–water partition coefficient (Wildman–Crippen LogP) is 3.57. The molecule has 1 saturated carbocycles. The number of benzene rings is 1. The Balaban J connectivity index is 1.53. The van der Waals surface area contributed by atoms with Gasteiger partial charge in [0.05, 0.1) is 4.90 Å². The number of anilines is 1. The number of hydrogen-bond acceptors (Lipinski definition) is 6. The third kappa shape index (κ3) is 5.04. The van der Waals surface area contributed by atoms with Crippen molar-refractivity contribution in [2.45, 2.75) is 56.4 Å². The molecule has 1 N–H and O–H groups in total. The van der Waals surface area contributed by atoms with Crippen molar-refractivity contribution in [3.05, 3.63) is 65.5 Å². The summed E-state index contributed by atoms with van der Waals surface area (Å²) in [6.07, 6.45) is 5.53. The molecule has 4 rings (SSSR count). The Morgan fingerprint density at radius 1 is 1.25 bits per heavy atom. The molecule has 1 amide bonds. The molecule has 0 aliphatic heterocycles. The number of carbonyl (C=O) groups is 1. The zero-order valence-electron chi connectivity index (χ0n) is 18.4. The third-order valence-corrected chi connectivity index (χ3v) is 6.81. The molecule has 168 valence electrons. The van der Waals surface area contributed by atoms with Crippen LogP contribution in [0.5, 0.6) is 0 Å². The highest BCUT2D eigenvalue weighted by Crippen LogP contribution is 2.39. The summed E-state index contributed by atoms with van der Waals surface area (Å²) in [5.74, 6) is 0.906. The molecule has 8 nitrogen and oxygen atoms in total. The fraction of sp³-hybridized carbons (Fsp3) is 0.391. The first-order chi connectivity index (χ1) is 15.2. The zero-order valence-corrected chi connectivity index (χ0v) is 19.3. The van der Waals surface area contributed by atoms with Crippen molar-refractivity contribution in [2.24, 2.45) is 0 Å². The van der Waals surface area contributed by atoms with Crippen LogP contribution in [0.1, 0.15) is 66.1 Å². The van der Waals surface area contributed by atoms with Crippen LogP contribution in [0, 0.1) is 0 Å². The lowest BCUT2D eigenvalue weighted by molar-refractivity contribution is 0.102. The summed E-state index contributed by atoms with van der Waals surface area (Å²) in [6.45, 7) is 4.97. The molecular weight excluding hydrogens is 426 g/mol. The van der Waals surface area contributed by atoms with Gasteiger partial charge < -0.3 is 9.88 Å². The lowest BCUT2D eigenvalue weighted by atomic mass is 9.97. The van der Waals surface area contributed by atoms with E-state index in [4.69, 9.17) is 0 Å². The van der Waals surface area contributed by atoms with Crippen molar-refractivity contribution in [3.8, 4) is 0 Å². The van der Waals surface area contributed by atoms with Crippen LogP contribution in [0.3, 0.4) is 0 Å². The number of sulfone groups is 1. The molecule has 2 aromatic heterocycles. The van der Waals surface area contributed by atoms with Crippen LogP contribution in [0.4, 0.5) is 5.69 Å². The number of carbonyl (C=O) groups excluding carboxylic acids is 1. The van der Waals surface area contributed by atoms with Crippen molar-refractivity contribution < 1.29 is 13.2 Å². The van der Waals surface area contributed by atoms with E-state index in [1.165, 1.54) is 6.07 Å². The van der Waals surface area contributed by atoms with Gasteiger partial charge in [0.1, 0.15) is 17.8 Å². The van der Waals surface area contributed by atoms with Crippen LogP contribution >= 0.6 is 0 Å². The second-order valence-electron chi connectivity index (χ2n) is 8.38. The van der Waals surface area contributed by atoms with Crippen LogP contribution in [-0.2, 0) is 22.8 Å². The summed E-state index contributed by atoms with van der Waals surface area (Å²) in [6, 6.07) is 10.6. The van der Waals surface area contributed by atoms with Gasteiger partial charge in [0.25, 0.3) is 5.91 Å². The van der Waals surface area contributed by atoms with Crippen LogP contribution in [-0.4, -0.2) is 40.3 Å². The molecule has 1 aliphatic carbocycles. The van der Waals surface area contributed by atoms with Crippen molar-refractivity contribution in [3.63, 3.8) is 0 Å². The molecule has 0 spiro atoms. The lowest BCUT2D eigenvalue weighted by Crippen LogP contribution is -2.16. The van der Waals surface area contributed by atoms with E-state index in [0.29, 0.717) is 11.4 Å². The molecule has 0 unspecified atom stereocenters. The van der Waals surface area contributed by atoms with E-state index in [1.807, 2.05) is 28.8 Å². The molecule has 1 aliphatic rings. The van der Waals surface area contributed by atoms with Gasteiger partial charge in [-0.05, 0) is 55.5 Å². The van der Waals surface area contributed by atoms with Gasteiger partial charge in [-0.15, -0.1) is 10.2 Å². The van der Waals surface area contributed by atoms with E-state index < -0.39 is 15.7 Å². The highest BCUT2D eigenvalue weighted by atomic mass is 32.2. The fourth-order valence-electron chi connectivity index (χ4n) is 3.66. The molecule has 1 fully saturated rings. The van der Waals surface area contributed by atoms with Crippen LogP contribution < -0.4 is 5.32 Å². The minimum absolute atomic E-state index is 0.115. The molecule has 0 saturated heterocycles. The number of nitrogens with zero attached hydrogens (tertiary/aromatic N) is 4. The van der Waals surface area contributed by atoms with E-state index in [-0.39, 0.29) is 22.4 Å². The number of pyridine rings is 1. The van der Waals surface area contributed by atoms with E-state index in [1.54, 1.807) is 12.4 Å². The molecule has 9 heteroatoms. The molecule has 1 atom stereocenters. The Kier molecular flexibility index (Phi) is 6.10. The summed E-state index contributed by atoms with van der Waals surface area (Å²) in [4.78, 5) is 17.5. The Morgan fingerprint density at radius 2 is 2.03 bits per heavy atom. The summed E-state index contributed by atoms with van der Waals surface area (Å²) in [5, 5.41) is 11.1. The quantitative estimate of drug-likeness (QED) is 0.559. The maximum Gasteiger partial charge on any atom is 0.274 e. The standard InChI is InChI=1S/C23H27N5O3S/c1-4-28-14-24-27-22(28)10-15(2)17-6-5-7-18(11-17)25-23(29)21-13-19(32(3,30)31)12-20(26-21)16-8-9-16/h5-7,11-16H,4,8-10H2,1-3H3,(H,25,29)/t15-/m0/s1. The van der Waals surface area contributed by atoms with Gasteiger partial charge in [0.2, 0.25) is 0 Å². The van der Waals surface area contributed by atoms with Crippen molar-refractivity contribution in [1.82, 2.24) is 19.7 Å². The van der Waals surface area contributed by atoms with Gasteiger partial charge in [-0.3, -0.25) is 4.79 Å². The second kappa shape index (κ2) is 8.82. The smallest absolute Gasteiger partial charge is 0.274 e. The first-order valence-electron chi connectivity index (χ1n) is 10.7. The van der Waals surface area contributed by atoms with Crippen LogP contribution in [0.15, 0.2) is 47.6 Å².